The zero-order valence-electron chi connectivity index (χ0n) is 19.9. The molecule has 1 N–H and O–H groups in total. The van der Waals surface area contributed by atoms with Crippen LogP contribution < -0.4 is 15.5 Å². The Balaban J connectivity index is 1.26. The molecule has 8 heteroatoms. The molecular weight excluding hydrogens is 520 g/mol. The van der Waals surface area contributed by atoms with Crippen LogP contribution in [0.15, 0.2) is 94.5 Å². The highest BCUT2D eigenvalue weighted by atomic mass is 79.9. The van der Waals surface area contributed by atoms with Gasteiger partial charge >= 0.3 is 5.69 Å². The molecule has 1 fully saturated rings. The van der Waals surface area contributed by atoms with Gasteiger partial charge < -0.3 is 14.9 Å². The average Bonchev–Trinajstić information content (AvgIpc) is 3.30. The number of aromatic nitrogens is 2. The van der Waals surface area contributed by atoms with Crippen LogP contribution in [0.1, 0.15) is 23.3 Å². The number of carbonyl (C=O) groups is 1. The van der Waals surface area contributed by atoms with Crippen molar-refractivity contribution < 1.29 is 9.90 Å². The van der Waals surface area contributed by atoms with Gasteiger partial charge in [-0.05, 0) is 67.6 Å². The number of hydrogen-bond donors (Lipinski definition) is 1. The molecule has 0 radical (unpaired) electrons. The van der Waals surface area contributed by atoms with E-state index in [4.69, 9.17) is 0 Å². The number of hydrogen-bond acceptors (Lipinski definition) is 5. The molecule has 0 bridgehead atoms. The van der Waals surface area contributed by atoms with Gasteiger partial charge in [-0.25, -0.2) is 4.79 Å². The largest absolute Gasteiger partial charge is 0.508 e. The van der Waals surface area contributed by atoms with Crippen molar-refractivity contribution in [2.45, 2.75) is 13.0 Å². The second-order valence-corrected chi connectivity index (χ2v) is 9.83. The fourth-order valence-electron chi connectivity index (χ4n) is 4.57. The third-order valence-corrected chi connectivity index (χ3v) is 7.24. The number of aromatic hydroxyl groups is 1. The van der Waals surface area contributed by atoms with E-state index in [2.05, 4.69) is 25.7 Å². The maximum Gasteiger partial charge on any atom is 0.333 e. The van der Waals surface area contributed by atoms with Crippen molar-refractivity contribution in [3.8, 4) is 11.4 Å². The molecule has 1 aliphatic heterocycles. The Morgan fingerprint density at radius 2 is 1.28 bits per heavy atom. The minimum absolute atomic E-state index is 0.107. The summed E-state index contributed by atoms with van der Waals surface area (Å²) >= 11 is 3.38. The molecule has 1 saturated heterocycles. The van der Waals surface area contributed by atoms with Crippen LogP contribution in [0, 0.1) is 0 Å². The number of piperazine rings is 1. The van der Waals surface area contributed by atoms with Crippen LogP contribution in [0.3, 0.4) is 0 Å². The molecular formula is C28H27BrN4O3. The first kappa shape index (κ1) is 23.9. The molecule has 0 saturated carbocycles. The van der Waals surface area contributed by atoms with E-state index in [0.717, 1.165) is 47.7 Å². The number of halogens is 1. The molecule has 7 nitrogen and oxygen atoms in total. The lowest BCUT2D eigenvalue weighted by atomic mass is 10.1. The number of Topliss-reactive ketones (excluding diaryl/α,β-unsaturated/α-hetero) is 1. The molecule has 1 atom stereocenters. The van der Waals surface area contributed by atoms with Crippen molar-refractivity contribution in [3.63, 3.8) is 0 Å². The van der Waals surface area contributed by atoms with E-state index >= 15 is 0 Å². The van der Waals surface area contributed by atoms with Gasteiger partial charge in [-0.15, -0.1) is 0 Å². The van der Waals surface area contributed by atoms with Gasteiger partial charge in [-0.3, -0.25) is 13.9 Å². The highest BCUT2D eigenvalue weighted by Crippen LogP contribution is 2.23. The van der Waals surface area contributed by atoms with Crippen molar-refractivity contribution in [2.75, 3.05) is 36.0 Å². The summed E-state index contributed by atoms with van der Waals surface area (Å²) in [6.45, 7) is 5.29. The van der Waals surface area contributed by atoms with Crippen LogP contribution in [0.4, 0.5) is 11.4 Å². The van der Waals surface area contributed by atoms with E-state index in [1.807, 2.05) is 48.5 Å². The van der Waals surface area contributed by atoms with Crippen molar-refractivity contribution in [1.29, 1.82) is 0 Å². The molecule has 1 aliphatic rings. The standard InChI is InChI=1S/C28H27BrN4O3/c1-20(27(35)21-2-4-22(29)5-3-21)32-18-19-33(28(32)36)25-8-6-23(7-9-25)30-14-16-31(17-15-30)24-10-12-26(34)13-11-24/h2-13,18-20,34H,14-17H2,1H3. The lowest BCUT2D eigenvalue weighted by Crippen LogP contribution is -2.46. The predicted molar refractivity (Wildman–Crippen MR) is 146 cm³/mol. The maximum absolute atomic E-state index is 13.1. The number of ketones is 1. The summed E-state index contributed by atoms with van der Waals surface area (Å²) in [5.41, 5.74) is 3.30. The minimum atomic E-state index is -0.607. The van der Waals surface area contributed by atoms with E-state index in [9.17, 15) is 14.7 Å². The van der Waals surface area contributed by atoms with Gasteiger partial charge in [0.05, 0.1) is 11.7 Å². The molecule has 0 amide bonds. The van der Waals surface area contributed by atoms with Gasteiger partial charge in [0.25, 0.3) is 0 Å². The molecule has 5 rings (SSSR count). The van der Waals surface area contributed by atoms with E-state index in [1.54, 1.807) is 48.1 Å². The Kier molecular flexibility index (Phi) is 6.69. The van der Waals surface area contributed by atoms with E-state index in [1.165, 1.54) is 4.57 Å². The lowest BCUT2D eigenvalue weighted by Gasteiger charge is -2.37. The van der Waals surface area contributed by atoms with Crippen LogP contribution in [0.25, 0.3) is 5.69 Å². The SMILES string of the molecule is CC(C(=O)c1ccc(Br)cc1)n1ccn(-c2ccc(N3CCN(c4ccc(O)cc4)CC3)cc2)c1=O. The van der Waals surface area contributed by atoms with Gasteiger partial charge in [0.1, 0.15) is 5.75 Å². The van der Waals surface area contributed by atoms with Gasteiger partial charge in [0, 0.05) is 60.0 Å². The van der Waals surface area contributed by atoms with Gasteiger partial charge in [0.15, 0.2) is 5.78 Å². The second kappa shape index (κ2) is 10.1. The molecule has 184 valence electrons. The normalized spacial score (nSPS) is 14.6. The zero-order valence-corrected chi connectivity index (χ0v) is 21.5. The molecule has 0 aliphatic carbocycles. The summed E-state index contributed by atoms with van der Waals surface area (Å²) in [5.74, 6) is 0.168. The highest BCUT2D eigenvalue weighted by molar-refractivity contribution is 9.10. The fourth-order valence-corrected chi connectivity index (χ4v) is 4.84. The smallest absolute Gasteiger partial charge is 0.333 e. The Morgan fingerprint density at radius 3 is 1.83 bits per heavy atom. The van der Waals surface area contributed by atoms with Crippen molar-refractivity contribution in [1.82, 2.24) is 9.13 Å². The van der Waals surface area contributed by atoms with Crippen molar-refractivity contribution in [2.24, 2.45) is 0 Å². The summed E-state index contributed by atoms with van der Waals surface area (Å²) in [6.07, 6.45) is 3.37. The molecule has 36 heavy (non-hydrogen) atoms. The Morgan fingerprint density at radius 1 is 0.778 bits per heavy atom. The van der Waals surface area contributed by atoms with Crippen molar-refractivity contribution >= 4 is 33.1 Å². The van der Waals surface area contributed by atoms with Crippen LogP contribution in [0.5, 0.6) is 5.75 Å². The monoisotopic (exact) mass is 546 g/mol. The van der Waals surface area contributed by atoms with E-state index in [-0.39, 0.29) is 17.2 Å². The molecule has 4 aromatic rings. The molecule has 3 aromatic carbocycles. The highest BCUT2D eigenvalue weighted by Gasteiger charge is 2.21. The first-order valence-corrected chi connectivity index (χ1v) is 12.7. The second-order valence-electron chi connectivity index (χ2n) is 8.91. The topological polar surface area (TPSA) is 70.7 Å². The first-order valence-electron chi connectivity index (χ1n) is 11.9. The summed E-state index contributed by atoms with van der Waals surface area (Å²) in [4.78, 5) is 30.6. The van der Waals surface area contributed by atoms with Crippen LogP contribution in [0.2, 0.25) is 0 Å². The molecule has 1 unspecified atom stereocenters. The van der Waals surface area contributed by atoms with Crippen LogP contribution in [-0.2, 0) is 0 Å². The van der Waals surface area contributed by atoms with Gasteiger partial charge in [-0.1, -0.05) is 28.1 Å². The van der Waals surface area contributed by atoms with Crippen LogP contribution in [-0.4, -0.2) is 46.2 Å². The van der Waals surface area contributed by atoms with E-state index in [0.29, 0.717) is 5.56 Å². The third-order valence-electron chi connectivity index (χ3n) is 6.72. The molecule has 1 aromatic heterocycles. The first-order chi connectivity index (χ1) is 17.4. The number of phenolic OH excluding ortho intramolecular Hbond substituents is 1. The number of anilines is 2. The Labute approximate surface area is 218 Å². The number of benzene rings is 3. The minimum Gasteiger partial charge on any atom is -0.508 e. The molecule has 0 spiro atoms. The summed E-state index contributed by atoms with van der Waals surface area (Å²) < 4.78 is 3.94. The number of carbonyl (C=O) groups excluding carboxylic acids is 1. The predicted octanol–water partition coefficient (Wildman–Crippen LogP) is 4.88. The van der Waals surface area contributed by atoms with E-state index < -0.39 is 6.04 Å². The summed E-state index contributed by atoms with van der Waals surface area (Å²) in [6, 6.07) is 21.8. The number of imidazole rings is 1. The lowest BCUT2D eigenvalue weighted by molar-refractivity contribution is 0.0933. The number of rotatable bonds is 6. The van der Waals surface area contributed by atoms with Crippen LogP contribution >= 0.6 is 15.9 Å². The Bertz CT molecular complexity index is 1400. The number of phenols is 1. The fraction of sp³-hybridized carbons (Fsp3) is 0.214. The number of nitrogens with zero attached hydrogens (tertiary/aromatic N) is 4. The van der Waals surface area contributed by atoms with Gasteiger partial charge in [-0.2, -0.15) is 0 Å². The molecule has 2 heterocycles. The van der Waals surface area contributed by atoms with Gasteiger partial charge in [0.2, 0.25) is 0 Å². The quantitative estimate of drug-likeness (QED) is 0.349. The van der Waals surface area contributed by atoms with Crippen molar-refractivity contribution in [3.05, 3.63) is 106 Å². The Hall–Kier alpha value is -3.78. The maximum atomic E-state index is 13.1. The third kappa shape index (κ3) is 4.81. The summed E-state index contributed by atoms with van der Waals surface area (Å²) in [5, 5.41) is 9.51. The average molecular weight is 547 g/mol. The summed E-state index contributed by atoms with van der Waals surface area (Å²) in [7, 11) is 0. The zero-order chi connectivity index (χ0) is 25.2.